The van der Waals surface area contributed by atoms with E-state index in [9.17, 15) is 8.78 Å². The van der Waals surface area contributed by atoms with E-state index >= 15 is 0 Å². The largest absolute Gasteiger partial charge is 0.497 e. The number of ether oxygens (including phenoxy) is 1. The maximum Gasteiger partial charge on any atom is 0.244 e. The summed E-state index contributed by atoms with van der Waals surface area (Å²) in [5.74, 6) is -0.0210. The van der Waals surface area contributed by atoms with Crippen LogP contribution in [0.3, 0.4) is 0 Å². The summed E-state index contributed by atoms with van der Waals surface area (Å²) in [6, 6.07) is 10.8. The molecule has 0 fully saturated rings. The van der Waals surface area contributed by atoms with E-state index < -0.39 is 11.6 Å². The number of anilines is 3. The summed E-state index contributed by atoms with van der Waals surface area (Å²) in [4.78, 5) is 4.20. The van der Waals surface area contributed by atoms with Crippen molar-refractivity contribution in [3.63, 3.8) is 0 Å². The highest BCUT2D eigenvalue weighted by Crippen LogP contribution is 2.19. The average Bonchev–Trinajstić information content (AvgIpc) is 2.63. The molecule has 2 N–H and O–H groups in total. The van der Waals surface area contributed by atoms with Crippen molar-refractivity contribution in [1.82, 2.24) is 15.2 Å². The maximum atomic E-state index is 13.7. The quantitative estimate of drug-likeness (QED) is 0.714. The van der Waals surface area contributed by atoms with Crippen LogP contribution in [-0.4, -0.2) is 22.3 Å². The van der Waals surface area contributed by atoms with Gasteiger partial charge in [0.2, 0.25) is 5.95 Å². The zero-order chi connectivity index (χ0) is 17.6. The van der Waals surface area contributed by atoms with E-state index in [1.807, 2.05) is 24.3 Å². The summed E-state index contributed by atoms with van der Waals surface area (Å²) in [5.41, 5.74) is 1.11. The Morgan fingerprint density at radius 3 is 2.60 bits per heavy atom. The Bertz CT molecular complexity index is 858. The van der Waals surface area contributed by atoms with Gasteiger partial charge in [0, 0.05) is 12.6 Å². The summed E-state index contributed by atoms with van der Waals surface area (Å²) in [7, 11) is 1.61. The predicted molar refractivity (Wildman–Crippen MR) is 89.8 cm³/mol. The molecule has 0 aliphatic carbocycles. The van der Waals surface area contributed by atoms with Crippen LogP contribution in [0.2, 0.25) is 0 Å². The number of hydrogen-bond donors (Lipinski definition) is 2. The first-order valence-electron chi connectivity index (χ1n) is 7.42. The molecule has 0 aliphatic heterocycles. The molecule has 1 aromatic heterocycles. The van der Waals surface area contributed by atoms with Crippen LogP contribution < -0.4 is 15.4 Å². The van der Waals surface area contributed by atoms with Crippen LogP contribution in [0.15, 0.2) is 48.7 Å². The standard InChI is InChI=1S/C17H15F2N5O/c1-25-13-5-2-11(3-6-13)9-20-17-23-16(10-21-24-17)22-15-7-4-12(18)8-14(15)19/h2-8,10H,9H2,1H3,(H2,20,22,23,24). The molecule has 128 valence electrons. The Kier molecular flexibility index (Phi) is 4.98. The smallest absolute Gasteiger partial charge is 0.244 e. The highest BCUT2D eigenvalue weighted by Gasteiger charge is 2.06. The zero-order valence-electron chi connectivity index (χ0n) is 13.3. The third-order valence-corrected chi connectivity index (χ3v) is 3.36. The van der Waals surface area contributed by atoms with Crippen molar-refractivity contribution in [2.45, 2.75) is 6.54 Å². The van der Waals surface area contributed by atoms with Crippen LogP contribution in [0.25, 0.3) is 0 Å². The predicted octanol–water partition coefficient (Wildman–Crippen LogP) is 3.51. The molecule has 0 radical (unpaired) electrons. The fourth-order valence-electron chi connectivity index (χ4n) is 2.09. The number of rotatable bonds is 6. The van der Waals surface area contributed by atoms with Gasteiger partial charge >= 0.3 is 0 Å². The molecule has 1 heterocycles. The summed E-state index contributed by atoms with van der Waals surface area (Å²) >= 11 is 0. The minimum Gasteiger partial charge on any atom is -0.497 e. The first-order valence-corrected chi connectivity index (χ1v) is 7.42. The lowest BCUT2D eigenvalue weighted by atomic mass is 10.2. The molecule has 8 heteroatoms. The Morgan fingerprint density at radius 1 is 1.08 bits per heavy atom. The molecule has 0 saturated heterocycles. The number of methoxy groups -OCH3 is 1. The van der Waals surface area contributed by atoms with Crippen molar-refractivity contribution in [2.24, 2.45) is 0 Å². The second-order valence-corrected chi connectivity index (χ2v) is 5.12. The molecular formula is C17H15F2N5O. The van der Waals surface area contributed by atoms with Gasteiger partial charge in [-0.1, -0.05) is 12.1 Å². The van der Waals surface area contributed by atoms with Crippen molar-refractivity contribution in [2.75, 3.05) is 17.7 Å². The number of benzene rings is 2. The van der Waals surface area contributed by atoms with Crippen LogP contribution in [0.1, 0.15) is 5.56 Å². The van der Waals surface area contributed by atoms with Crippen LogP contribution in [0.4, 0.5) is 26.2 Å². The van der Waals surface area contributed by atoms with Crippen molar-refractivity contribution in [1.29, 1.82) is 0 Å². The van der Waals surface area contributed by atoms with Crippen molar-refractivity contribution < 1.29 is 13.5 Å². The van der Waals surface area contributed by atoms with E-state index in [0.717, 1.165) is 23.4 Å². The topological polar surface area (TPSA) is 72.0 Å². The minimum atomic E-state index is -0.716. The van der Waals surface area contributed by atoms with E-state index in [-0.39, 0.29) is 17.5 Å². The summed E-state index contributed by atoms with van der Waals surface area (Å²) < 4.78 is 31.7. The summed E-state index contributed by atoms with van der Waals surface area (Å²) in [5, 5.41) is 13.5. The van der Waals surface area contributed by atoms with E-state index in [1.54, 1.807) is 7.11 Å². The molecule has 0 saturated carbocycles. The molecule has 3 rings (SSSR count). The van der Waals surface area contributed by atoms with Crippen LogP contribution in [-0.2, 0) is 6.54 Å². The molecule has 2 aromatic carbocycles. The second-order valence-electron chi connectivity index (χ2n) is 5.12. The van der Waals surface area contributed by atoms with E-state index in [2.05, 4.69) is 25.8 Å². The lowest BCUT2D eigenvalue weighted by molar-refractivity contribution is 0.414. The van der Waals surface area contributed by atoms with Gasteiger partial charge in [-0.25, -0.2) is 8.78 Å². The van der Waals surface area contributed by atoms with Gasteiger partial charge in [0.15, 0.2) is 5.82 Å². The van der Waals surface area contributed by atoms with Gasteiger partial charge in [0.05, 0.1) is 19.0 Å². The SMILES string of the molecule is COc1ccc(CNc2nncc(Nc3ccc(F)cc3F)n2)cc1. The van der Waals surface area contributed by atoms with Crippen LogP contribution in [0.5, 0.6) is 5.75 Å². The first kappa shape index (κ1) is 16.6. The first-order chi connectivity index (χ1) is 12.1. The lowest BCUT2D eigenvalue weighted by Crippen LogP contribution is -2.06. The molecule has 25 heavy (non-hydrogen) atoms. The van der Waals surface area contributed by atoms with Crippen molar-refractivity contribution in [3.05, 3.63) is 65.9 Å². The zero-order valence-corrected chi connectivity index (χ0v) is 13.3. The molecular weight excluding hydrogens is 328 g/mol. The maximum absolute atomic E-state index is 13.7. The summed E-state index contributed by atoms with van der Waals surface area (Å²) in [6.45, 7) is 0.486. The Labute approximate surface area is 142 Å². The average molecular weight is 343 g/mol. The third-order valence-electron chi connectivity index (χ3n) is 3.36. The Hall–Kier alpha value is -3.29. The van der Waals surface area contributed by atoms with Gasteiger partial charge in [0.25, 0.3) is 0 Å². The van der Waals surface area contributed by atoms with Crippen LogP contribution in [0, 0.1) is 11.6 Å². The fourth-order valence-corrected chi connectivity index (χ4v) is 2.09. The van der Waals surface area contributed by atoms with E-state index in [4.69, 9.17) is 4.74 Å². The molecule has 0 unspecified atom stereocenters. The Balaban J connectivity index is 1.66. The van der Waals surface area contributed by atoms with E-state index in [0.29, 0.717) is 6.54 Å². The lowest BCUT2D eigenvalue weighted by Gasteiger charge is -2.09. The Morgan fingerprint density at radius 2 is 1.88 bits per heavy atom. The van der Waals surface area contributed by atoms with E-state index in [1.165, 1.54) is 12.3 Å². The third kappa shape index (κ3) is 4.37. The number of aromatic nitrogens is 3. The normalized spacial score (nSPS) is 10.4. The number of nitrogens with one attached hydrogen (secondary N) is 2. The van der Waals surface area contributed by atoms with Gasteiger partial charge in [-0.3, -0.25) is 0 Å². The highest BCUT2D eigenvalue weighted by atomic mass is 19.1. The van der Waals surface area contributed by atoms with Gasteiger partial charge in [0.1, 0.15) is 17.4 Å². The second kappa shape index (κ2) is 7.52. The monoisotopic (exact) mass is 343 g/mol. The highest BCUT2D eigenvalue weighted by molar-refractivity contribution is 5.56. The van der Waals surface area contributed by atoms with Gasteiger partial charge in [-0.15, -0.1) is 5.10 Å². The molecule has 3 aromatic rings. The van der Waals surface area contributed by atoms with Gasteiger partial charge in [-0.05, 0) is 29.8 Å². The van der Waals surface area contributed by atoms with Crippen molar-refractivity contribution >= 4 is 17.5 Å². The number of halogens is 2. The van der Waals surface area contributed by atoms with Crippen molar-refractivity contribution in [3.8, 4) is 5.75 Å². The number of nitrogens with zero attached hydrogens (tertiary/aromatic N) is 3. The molecule has 6 nitrogen and oxygen atoms in total. The molecule has 0 bridgehead atoms. The molecule has 0 atom stereocenters. The summed E-state index contributed by atoms with van der Waals surface area (Å²) in [6.07, 6.45) is 1.35. The molecule has 0 spiro atoms. The van der Waals surface area contributed by atoms with Crippen LogP contribution >= 0.6 is 0 Å². The fraction of sp³-hybridized carbons (Fsp3) is 0.118. The van der Waals surface area contributed by atoms with Gasteiger partial charge < -0.3 is 15.4 Å². The number of hydrogen-bond acceptors (Lipinski definition) is 6. The van der Waals surface area contributed by atoms with Gasteiger partial charge in [-0.2, -0.15) is 10.1 Å². The minimum absolute atomic E-state index is 0.100. The molecule has 0 amide bonds. The molecule has 0 aliphatic rings.